The molecule has 1 heterocycles. The summed E-state index contributed by atoms with van der Waals surface area (Å²) in [6.07, 6.45) is 0. The van der Waals surface area contributed by atoms with Gasteiger partial charge in [-0.3, -0.25) is 4.79 Å². The summed E-state index contributed by atoms with van der Waals surface area (Å²) in [5.74, 6) is 2.14. The van der Waals surface area contributed by atoms with Crippen molar-refractivity contribution in [1.29, 1.82) is 0 Å². The van der Waals surface area contributed by atoms with Crippen LogP contribution >= 0.6 is 11.8 Å². The Balaban J connectivity index is 1.63. The molecule has 0 aliphatic rings. The number of hydrogen-bond donors (Lipinski definition) is 1. The van der Waals surface area contributed by atoms with Gasteiger partial charge in [0.15, 0.2) is 11.0 Å². The molecule has 1 aromatic heterocycles. The second-order valence-electron chi connectivity index (χ2n) is 6.39. The summed E-state index contributed by atoms with van der Waals surface area (Å²) in [6.45, 7) is 2.31. The van der Waals surface area contributed by atoms with E-state index in [1.165, 1.54) is 11.8 Å². The fraction of sp³-hybridized carbons (Fsp3) is 0.286. The highest BCUT2D eigenvalue weighted by molar-refractivity contribution is 8.00. The van der Waals surface area contributed by atoms with Gasteiger partial charge in [0.2, 0.25) is 5.91 Å². The van der Waals surface area contributed by atoms with E-state index in [-0.39, 0.29) is 11.2 Å². The van der Waals surface area contributed by atoms with Gasteiger partial charge in [-0.25, -0.2) is 0 Å². The molecule has 29 heavy (non-hydrogen) atoms. The van der Waals surface area contributed by atoms with Gasteiger partial charge < -0.3 is 19.4 Å². The molecule has 0 radical (unpaired) electrons. The summed E-state index contributed by atoms with van der Waals surface area (Å²) in [5, 5.41) is 11.8. The second kappa shape index (κ2) is 9.47. The van der Waals surface area contributed by atoms with Crippen molar-refractivity contribution >= 4 is 17.7 Å². The first-order chi connectivity index (χ1) is 14.0. The Morgan fingerprint density at radius 3 is 2.52 bits per heavy atom. The molecule has 0 aliphatic carbocycles. The number of benzene rings is 2. The minimum atomic E-state index is -0.318. The van der Waals surface area contributed by atoms with Crippen LogP contribution in [0, 0.1) is 0 Å². The van der Waals surface area contributed by atoms with Crippen LogP contribution in [0.1, 0.15) is 12.5 Å². The van der Waals surface area contributed by atoms with Crippen LogP contribution in [-0.2, 0) is 18.4 Å². The number of methoxy groups -OCH3 is 2. The van der Waals surface area contributed by atoms with Gasteiger partial charge in [0.25, 0.3) is 0 Å². The average Bonchev–Trinajstić information content (AvgIpc) is 3.12. The fourth-order valence-corrected chi connectivity index (χ4v) is 3.61. The monoisotopic (exact) mass is 412 g/mol. The van der Waals surface area contributed by atoms with E-state index in [0.29, 0.717) is 17.5 Å². The number of para-hydroxylation sites is 1. The molecule has 3 aromatic rings. The van der Waals surface area contributed by atoms with E-state index in [2.05, 4.69) is 15.5 Å². The summed E-state index contributed by atoms with van der Waals surface area (Å²) in [7, 11) is 5.13. The highest BCUT2D eigenvalue weighted by Crippen LogP contribution is 2.31. The molecule has 0 aliphatic heterocycles. The first kappa shape index (κ1) is 20.7. The number of carbonyl (C=O) groups excluding carboxylic acids is 1. The Bertz CT molecular complexity index is 972. The van der Waals surface area contributed by atoms with Gasteiger partial charge in [0.1, 0.15) is 11.5 Å². The standard InChI is InChI=1S/C21H24N4O3S/c1-14(20(26)22-13-15-9-11-16(27-3)12-10-15)29-21-24-23-19(25(21)2)17-7-5-6-8-18(17)28-4/h5-12,14H,13H2,1-4H3,(H,22,26)/t14-/m0/s1. The normalized spacial score (nSPS) is 11.7. The van der Waals surface area contributed by atoms with Gasteiger partial charge in [-0.05, 0) is 36.8 Å². The molecular formula is C21H24N4O3S. The number of amides is 1. The molecule has 0 spiro atoms. The molecule has 1 N–H and O–H groups in total. The molecule has 0 fully saturated rings. The van der Waals surface area contributed by atoms with Gasteiger partial charge in [-0.15, -0.1) is 10.2 Å². The van der Waals surface area contributed by atoms with Gasteiger partial charge in [0, 0.05) is 13.6 Å². The van der Waals surface area contributed by atoms with Crippen molar-refractivity contribution < 1.29 is 14.3 Å². The summed E-state index contributed by atoms with van der Waals surface area (Å²) < 4.78 is 12.4. The number of ether oxygens (including phenoxy) is 2. The number of nitrogens with zero attached hydrogens (tertiary/aromatic N) is 3. The van der Waals surface area contributed by atoms with Crippen LogP contribution in [0.4, 0.5) is 0 Å². The van der Waals surface area contributed by atoms with Gasteiger partial charge in [-0.2, -0.15) is 0 Å². The molecule has 0 unspecified atom stereocenters. The first-order valence-corrected chi connectivity index (χ1v) is 10.0. The third-order valence-corrected chi connectivity index (χ3v) is 5.59. The third kappa shape index (κ3) is 4.89. The highest BCUT2D eigenvalue weighted by Gasteiger charge is 2.20. The second-order valence-corrected chi connectivity index (χ2v) is 7.70. The van der Waals surface area contributed by atoms with E-state index in [1.54, 1.807) is 14.2 Å². The molecule has 2 aromatic carbocycles. The number of rotatable bonds is 8. The van der Waals surface area contributed by atoms with Crippen LogP contribution in [0.2, 0.25) is 0 Å². The highest BCUT2D eigenvalue weighted by atomic mass is 32.2. The van der Waals surface area contributed by atoms with Crippen LogP contribution in [0.3, 0.4) is 0 Å². The molecule has 8 heteroatoms. The van der Waals surface area contributed by atoms with Gasteiger partial charge in [0.05, 0.1) is 25.0 Å². The lowest BCUT2D eigenvalue weighted by atomic mass is 10.2. The van der Waals surface area contributed by atoms with Crippen molar-refractivity contribution in [3.63, 3.8) is 0 Å². The lowest BCUT2D eigenvalue weighted by Crippen LogP contribution is -2.30. The van der Waals surface area contributed by atoms with Gasteiger partial charge >= 0.3 is 0 Å². The molecule has 7 nitrogen and oxygen atoms in total. The average molecular weight is 413 g/mol. The summed E-state index contributed by atoms with van der Waals surface area (Å²) in [5.41, 5.74) is 1.86. The van der Waals surface area contributed by atoms with Crippen molar-refractivity contribution in [2.75, 3.05) is 14.2 Å². The number of nitrogens with one attached hydrogen (secondary N) is 1. The molecule has 152 valence electrons. The Morgan fingerprint density at radius 1 is 1.10 bits per heavy atom. The maximum Gasteiger partial charge on any atom is 0.233 e. The largest absolute Gasteiger partial charge is 0.497 e. The topological polar surface area (TPSA) is 78.3 Å². The quantitative estimate of drug-likeness (QED) is 0.572. The predicted molar refractivity (Wildman–Crippen MR) is 113 cm³/mol. The smallest absolute Gasteiger partial charge is 0.233 e. The SMILES string of the molecule is COc1ccc(CNC(=O)[C@H](C)Sc2nnc(-c3ccccc3OC)n2C)cc1. The Labute approximate surface area is 174 Å². The number of hydrogen-bond acceptors (Lipinski definition) is 6. The van der Waals surface area contributed by atoms with Crippen molar-refractivity contribution in [3.05, 3.63) is 54.1 Å². The van der Waals surface area contributed by atoms with Crippen molar-refractivity contribution in [2.24, 2.45) is 7.05 Å². The van der Waals surface area contributed by atoms with Crippen molar-refractivity contribution in [1.82, 2.24) is 20.1 Å². The first-order valence-electron chi connectivity index (χ1n) is 9.13. The van der Waals surface area contributed by atoms with E-state index < -0.39 is 0 Å². The molecule has 1 amide bonds. The zero-order valence-corrected chi connectivity index (χ0v) is 17.7. The minimum Gasteiger partial charge on any atom is -0.497 e. The third-order valence-electron chi connectivity index (χ3n) is 4.46. The zero-order chi connectivity index (χ0) is 20.8. The lowest BCUT2D eigenvalue weighted by molar-refractivity contribution is -0.120. The molecule has 1 atom stereocenters. The Hall–Kier alpha value is -3.00. The Kier molecular flexibility index (Phi) is 6.77. The summed E-state index contributed by atoms with van der Waals surface area (Å²) in [6, 6.07) is 15.3. The maximum atomic E-state index is 12.5. The summed E-state index contributed by atoms with van der Waals surface area (Å²) >= 11 is 1.36. The zero-order valence-electron chi connectivity index (χ0n) is 16.9. The van der Waals surface area contributed by atoms with Crippen LogP contribution in [0.5, 0.6) is 11.5 Å². The summed E-state index contributed by atoms with van der Waals surface area (Å²) in [4.78, 5) is 12.5. The van der Waals surface area contributed by atoms with Crippen LogP contribution < -0.4 is 14.8 Å². The van der Waals surface area contributed by atoms with Crippen molar-refractivity contribution in [2.45, 2.75) is 23.9 Å². The maximum absolute atomic E-state index is 12.5. The van der Waals surface area contributed by atoms with Gasteiger partial charge in [-0.1, -0.05) is 36.0 Å². The number of thioether (sulfide) groups is 1. The molecule has 0 bridgehead atoms. The van der Waals surface area contributed by atoms with E-state index >= 15 is 0 Å². The number of aromatic nitrogens is 3. The molecule has 3 rings (SSSR count). The lowest BCUT2D eigenvalue weighted by Gasteiger charge is -2.12. The minimum absolute atomic E-state index is 0.0624. The van der Waals surface area contributed by atoms with Crippen LogP contribution in [-0.4, -0.2) is 40.1 Å². The van der Waals surface area contributed by atoms with E-state index in [9.17, 15) is 4.79 Å². The number of carbonyl (C=O) groups is 1. The Morgan fingerprint density at radius 2 is 1.83 bits per heavy atom. The predicted octanol–water partition coefficient (Wildman–Crippen LogP) is 3.30. The molecule has 0 saturated heterocycles. The van der Waals surface area contributed by atoms with Crippen LogP contribution in [0.25, 0.3) is 11.4 Å². The fourth-order valence-electron chi connectivity index (χ4n) is 2.77. The van der Waals surface area contributed by atoms with E-state index in [4.69, 9.17) is 9.47 Å². The molecule has 0 saturated carbocycles. The van der Waals surface area contributed by atoms with E-state index in [0.717, 1.165) is 22.6 Å². The van der Waals surface area contributed by atoms with Crippen LogP contribution in [0.15, 0.2) is 53.7 Å². The van der Waals surface area contributed by atoms with Crippen molar-refractivity contribution in [3.8, 4) is 22.9 Å². The van der Waals surface area contributed by atoms with E-state index in [1.807, 2.05) is 67.1 Å². The molecular weight excluding hydrogens is 388 g/mol.